The van der Waals surface area contributed by atoms with Crippen molar-refractivity contribution in [2.45, 2.75) is 78.8 Å². The van der Waals surface area contributed by atoms with E-state index in [1.165, 1.54) is 19.3 Å². The molecule has 118 valence electrons. The summed E-state index contributed by atoms with van der Waals surface area (Å²) in [6.07, 6.45) is 5.54. The minimum absolute atomic E-state index is 0.178. The van der Waals surface area contributed by atoms with E-state index in [1.807, 2.05) is 0 Å². The third-order valence-electron chi connectivity index (χ3n) is 4.80. The maximum atomic E-state index is 11.8. The SMILES string of the molecule is CCC(C)NC(=O)CCNC1CC(C)CCC1C(C)C. The highest BCUT2D eigenvalue weighted by Gasteiger charge is 2.30. The topological polar surface area (TPSA) is 41.1 Å². The van der Waals surface area contributed by atoms with Crippen molar-refractivity contribution >= 4 is 5.91 Å². The van der Waals surface area contributed by atoms with Gasteiger partial charge in [-0.25, -0.2) is 0 Å². The molecule has 4 unspecified atom stereocenters. The second kappa shape index (κ2) is 8.66. The lowest BCUT2D eigenvalue weighted by molar-refractivity contribution is -0.121. The second-order valence-electron chi connectivity index (χ2n) is 7.01. The first-order valence-electron chi connectivity index (χ1n) is 8.46. The van der Waals surface area contributed by atoms with Crippen molar-refractivity contribution < 1.29 is 4.79 Å². The van der Waals surface area contributed by atoms with Crippen LogP contribution in [0.15, 0.2) is 0 Å². The minimum Gasteiger partial charge on any atom is -0.354 e. The van der Waals surface area contributed by atoms with Gasteiger partial charge in [0.25, 0.3) is 0 Å². The molecular weight excluding hydrogens is 248 g/mol. The van der Waals surface area contributed by atoms with Crippen LogP contribution in [-0.4, -0.2) is 24.5 Å². The maximum Gasteiger partial charge on any atom is 0.221 e. The summed E-state index contributed by atoms with van der Waals surface area (Å²) in [5.41, 5.74) is 0. The third-order valence-corrected chi connectivity index (χ3v) is 4.80. The van der Waals surface area contributed by atoms with Gasteiger partial charge < -0.3 is 10.6 Å². The minimum atomic E-state index is 0.178. The smallest absolute Gasteiger partial charge is 0.221 e. The van der Waals surface area contributed by atoms with E-state index in [-0.39, 0.29) is 5.91 Å². The molecule has 20 heavy (non-hydrogen) atoms. The van der Waals surface area contributed by atoms with Crippen LogP contribution in [-0.2, 0) is 4.79 Å². The normalized spacial score (nSPS) is 28.4. The Balaban J connectivity index is 2.32. The maximum absolute atomic E-state index is 11.8. The Morgan fingerprint density at radius 2 is 1.95 bits per heavy atom. The lowest BCUT2D eigenvalue weighted by atomic mass is 9.74. The largest absolute Gasteiger partial charge is 0.354 e. The highest BCUT2D eigenvalue weighted by Crippen LogP contribution is 2.33. The van der Waals surface area contributed by atoms with E-state index in [2.05, 4.69) is 45.3 Å². The van der Waals surface area contributed by atoms with Gasteiger partial charge in [-0.1, -0.05) is 34.1 Å². The van der Waals surface area contributed by atoms with Crippen LogP contribution in [0.25, 0.3) is 0 Å². The van der Waals surface area contributed by atoms with Crippen molar-refractivity contribution in [3.63, 3.8) is 0 Å². The molecule has 1 aliphatic carbocycles. The van der Waals surface area contributed by atoms with Crippen LogP contribution in [0, 0.1) is 17.8 Å². The molecule has 4 atom stereocenters. The van der Waals surface area contributed by atoms with E-state index < -0.39 is 0 Å². The molecule has 0 aliphatic heterocycles. The summed E-state index contributed by atoms with van der Waals surface area (Å²) in [5, 5.41) is 6.68. The highest BCUT2D eigenvalue weighted by molar-refractivity contribution is 5.76. The Morgan fingerprint density at radius 1 is 1.25 bits per heavy atom. The molecule has 0 heterocycles. The van der Waals surface area contributed by atoms with E-state index in [0.717, 1.165) is 30.7 Å². The van der Waals surface area contributed by atoms with Crippen LogP contribution in [0.2, 0.25) is 0 Å². The Morgan fingerprint density at radius 3 is 2.55 bits per heavy atom. The number of carbonyl (C=O) groups is 1. The fraction of sp³-hybridized carbons (Fsp3) is 0.941. The molecule has 0 aromatic rings. The van der Waals surface area contributed by atoms with Gasteiger partial charge >= 0.3 is 0 Å². The molecule has 1 fully saturated rings. The fourth-order valence-corrected chi connectivity index (χ4v) is 3.26. The van der Waals surface area contributed by atoms with Crippen LogP contribution in [0.5, 0.6) is 0 Å². The zero-order valence-corrected chi connectivity index (χ0v) is 14.0. The molecule has 3 heteroatoms. The van der Waals surface area contributed by atoms with Crippen molar-refractivity contribution in [2.75, 3.05) is 6.54 Å². The van der Waals surface area contributed by atoms with E-state index in [1.54, 1.807) is 0 Å². The summed E-state index contributed by atoms with van der Waals surface area (Å²) in [4.78, 5) is 11.8. The molecule has 1 saturated carbocycles. The number of rotatable bonds is 7. The van der Waals surface area contributed by atoms with Gasteiger partial charge in [0.05, 0.1) is 0 Å². The molecule has 0 saturated heterocycles. The van der Waals surface area contributed by atoms with Crippen molar-refractivity contribution in [1.29, 1.82) is 0 Å². The van der Waals surface area contributed by atoms with E-state index in [4.69, 9.17) is 0 Å². The van der Waals surface area contributed by atoms with Crippen molar-refractivity contribution in [3.05, 3.63) is 0 Å². The Bertz CT molecular complexity index is 291. The van der Waals surface area contributed by atoms with Gasteiger partial charge in [-0.05, 0) is 43.9 Å². The predicted molar refractivity (Wildman–Crippen MR) is 85.6 cm³/mol. The number of hydrogen-bond acceptors (Lipinski definition) is 2. The van der Waals surface area contributed by atoms with Crippen LogP contribution < -0.4 is 10.6 Å². The lowest BCUT2D eigenvalue weighted by Gasteiger charge is -2.38. The average molecular weight is 282 g/mol. The molecular formula is C17H34N2O. The summed E-state index contributed by atoms with van der Waals surface area (Å²) < 4.78 is 0. The van der Waals surface area contributed by atoms with E-state index in [0.29, 0.717) is 18.5 Å². The Kier molecular flexibility index (Phi) is 7.57. The molecule has 0 aromatic heterocycles. The molecule has 2 N–H and O–H groups in total. The number of amides is 1. The van der Waals surface area contributed by atoms with Crippen LogP contribution in [0.3, 0.4) is 0 Å². The number of hydrogen-bond donors (Lipinski definition) is 2. The van der Waals surface area contributed by atoms with Gasteiger partial charge in [0.15, 0.2) is 0 Å². The summed E-state index contributed by atoms with van der Waals surface area (Å²) in [7, 11) is 0. The monoisotopic (exact) mass is 282 g/mol. The van der Waals surface area contributed by atoms with E-state index in [9.17, 15) is 4.79 Å². The molecule has 0 radical (unpaired) electrons. The van der Waals surface area contributed by atoms with Gasteiger partial charge in [0, 0.05) is 25.0 Å². The second-order valence-corrected chi connectivity index (χ2v) is 7.01. The van der Waals surface area contributed by atoms with Crippen LogP contribution in [0.1, 0.15) is 66.7 Å². The summed E-state index contributed by atoms with van der Waals surface area (Å²) in [6.45, 7) is 12.0. The predicted octanol–water partition coefficient (Wildman–Crippen LogP) is 3.34. The molecule has 3 nitrogen and oxygen atoms in total. The Hall–Kier alpha value is -0.570. The standard InChI is InChI=1S/C17H34N2O/c1-6-14(5)19-17(20)9-10-18-16-11-13(4)7-8-15(16)12(2)3/h12-16,18H,6-11H2,1-5H3,(H,19,20). The zero-order chi connectivity index (χ0) is 15.1. The highest BCUT2D eigenvalue weighted by atomic mass is 16.1. The van der Waals surface area contributed by atoms with Gasteiger partial charge in [-0.3, -0.25) is 4.79 Å². The van der Waals surface area contributed by atoms with E-state index >= 15 is 0 Å². The molecule has 1 aliphatic rings. The third kappa shape index (κ3) is 5.82. The number of nitrogens with one attached hydrogen (secondary N) is 2. The van der Waals surface area contributed by atoms with Crippen LogP contribution in [0.4, 0.5) is 0 Å². The first-order valence-corrected chi connectivity index (χ1v) is 8.46. The van der Waals surface area contributed by atoms with Crippen molar-refractivity contribution in [2.24, 2.45) is 17.8 Å². The van der Waals surface area contributed by atoms with Gasteiger partial charge in [0.1, 0.15) is 0 Å². The summed E-state index contributed by atoms with van der Waals surface area (Å²) in [6, 6.07) is 0.885. The number of carbonyl (C=O) groups excluding carboxylic acids is 1. The van der Waals surface area contributed by atoms with Gasteiger partial charge in [-0.2, -0.15) is 0 Å². The van der Waals surface area contributed by atoms with Gasteiger partial charge in [-0.15, -0.1) is 0 Å². The zero-order valence-electron chi connectivity index (χ0n) is 14.0. The van der Waals surface area contributed by atoms with Crippen molar-refractivity contribution in [3.8, 4) is 0 Å². The first-order chi connectivity index (χ1) is 9.43. The fourth-order valence-electron chi connectivity index (χ4n) is 3.26. The molecule has 1 rings (SSSR count). The molecule has 0 aromatic carbocycles. The average Bonchev–Trinajstić information content (AvgIpc) is 2.38. The lowest BCUT2D eigenvalue weighted by Crippen LogP contribution is -2.44. The quantitative estimate of drug-likeness (QED) is 0.752. The first kappa shape index (κ1) is 17.5. The van der Waals surface area contributed by atoms with Gasteiger partial charge in [0.2, 0.25) is 5.91 Å². The molecule has 0 spiro atoms. The summed E-state index contributed by atoms with van der Waals surface area (Å²) >= 11 is 0. The van der Waals surface area contributed by atoms with Crippen LogP contribution >= 0.6 is 0 Å². The Labute approximate surface area is 125 Å². The molecule has 1 amide bonds. The molecule has 0 bridgehead atoms. The summed E-state index contributed by atoms with van der Waals surface area (Å²) in [5.74, 6) is 2.49. The van der Waals surface area contributed by atoms with Crippen molar-refractivity contribution in [1.82, 2.24) is 10.6 Å².